The Hall–Kier alpha value is -1.04. The highest BCUT2D eigenvalue weighted by Gasteiger charge is 1.99. The Kier molecular flexibility index (Phi) is 11.2. The van der Waals surface area contributed by atoms with E-state index in [0.717, 1.165) is 19.0 Å². The fraction of sp³-hybridized carbons (Fsp3) is 0.846. The first-order valence-electron chi connectivity index (χ1n) is 6.53. The monoisotopic (exact) mass is 225 g/mol. The van der Waals surface area contributed by atoms with Gasteiger partial charge in [-0.2, -0.15) is 0 Å². The number of allylic oxidation sites excluding steroid dienone is 1. The third-order valence-corrected chi connectivity index (χ3v) is 2.74. The van der Waals surface area contributed by atoms with Gasteiger partial charge in [-0.3, -0.25) is 0 Å². The summed E-state index contributed by atoms with van der Waals surface area (Å²) in [6.45, 7) is 2.23. The average molecular weight is 225 g/mol. The fourth-order valence-corrected chi connectivity index (χ4v) is 1.75. The minimum Gasteiger partial charge on any atom is -0.505 e. The summed E-state index contributed by atoms with van der Waals surface area (Å²) in [5.74, 6) is 0.172. The van der Waals surface area contributed by atoms with Crippen molar-refractivity contribution in [1.29, 1.82) is 5.39 Å². The molecule has 0 bridgehead atoms. The molecule has 3 heteroatoms. The topological polar surface area (TPSA) is 48.4 Å². The van der Waals surface area contributed by atoms with Crippen LogP contribution in [0.2, 0.25) is 0 Å². The van der Waals surface area contributed by atoms with Crippen LogP contribution in [0, 0.1) is 5.39 Å². The molecule has 0 amide bonds. The van der Waals surface area contributed by atoms with Crippen LogP contribution in [0.4, 0.5) is 0 Å². The highest BCUT2D eigenvalue weighted by atomic mass is 16.3. The molecule has 0 heterocycles. The molecular formula is C13H25N2O+. The molecule has 16 heavy (non-hydrogen) atoms. The maximum Gasteiger partial charge on any atom is 0.387 e. The lowest BCUT2D eigenvalue weighted by molar-refractivity contribution is 0.380. The van der Waals surface area contributed by atoms with Gasteiger partial charge in [0, 0.05) is 6.42 Å². The van der Waals surface area contributed by atoms with Gasteiger partial charge in [0.25, 0.3) is 0 Å². The summed E-state index contributed by atoms with van der Waals surface area (Å²) in [7, 11) is 0. The van der Waals surface area contributed by atoms with Gasteiger partial charge in [0.05, 0.1) is 0 Å². The summed E-state index contributed by atoms with van der Waals surface area (Å²) in [4.78, 5) is 2.78. The predicted molar refractivity (Wildman–Crippen MR) is 67.6 cm³/mol. The number of aliphatic hydroxyl groups excluding tert-OH is 1. The SMILES string of the molecule is CCCCCCCCCCC/C(O)=C/[N+]#N. The Morgan fingerprint density at radius 2 is 1.50 bits per heavy atom. The van der Waals surface area contributed by atoms with Gasteiger partial charge in [0.1, 0.15) is 0 Å². The molecular weight excluding hydrogens is 200 g/mol. The third kappa shape index (κ3) is 11.0. The maximum atomic E-state index is 9.16. The molecule has 3 nitrogen and oxygen atoms in total. The summed E-state index contributed by atoms with van der Waals surface area (Å²) >= 11 is 0. The molecule has 0 aliphatic rings. The maximum absolute atomic E-state index is 9.16. The molecule has 0 rings (SSSR count). The van der Waals surface area contributed by atoms with E-state index in [1.165, 1.54) is 44.9 Å². The molecule has 0 aromatic rings. The quantitative estimate of drug-likeness (QED) is 0.317. The van der Waals surface area contributed by atoms with E-state index in [9.17, 15) is 0 Å². The van der Waals surface area contributed by atoms with E-state index in [1.54, 1.807) is 0 Å². The van der Waals surface area contributed by atoms with E-state index < -0.39 is 0 Å². The van der Waals surface area contributed by atoms with Crippen LogP contribution in [0.25, 0.3) is 4.98 Å². The molecule has 0 spiro atoms. The highest BCUT2D eigenvalue weighted by Crippen LogP contribution is 2.12. The van der Waals surface area contributed by atoms with Crippen molar-refractivity contribution in [2.75, 3.05) is 0 Å². The van der Waals surface area contributed by atoms with Crippen molar-refractivity contribution < 1.29 is 5.11 Å². The molecule has 0 saturated carbocycles. The van der Waals surface area contributed by atoms with Crippen molar-refractivity contribution in [2.24, 2.45) is 0 Å². The van der Waals surface area contributed by atoms with Crippen LogP contribution >= 0.6 is 0 Å². The highest BCUT2D eigenvalue weighted by molar-refractivity contribution is 4.94. The second kappa shape index (κ2) is 12.0. The first-order chi connectivity index (χ1) is 7.81. The van der Waals surface area contributed by atoms with Gasteiger partial charge < -0.3 is 5.11 Å². The fourth-order valence-electron chi connectivity index (χ4n) is 1.75. The third-order valence-electron chi connectivity index (χ3n) is 2.74. The lowest BCUT2D eigenvalue weighted by Gasteiger charge is -2.00. The molecule has 0 saturated heterocycles. The summed E-state index contributed by atoms with van der Waals surface area (Å²) in [6, 6.07) is 0. The van der Waals surface area contributed by atoms with Crippen molar-refractivity contribution in [1.82, 2.24) is 0 Å². The molecule has 0 radical (unpaired) electrons. The number of nitrogens with zero attached hydrogens (tertiary/aromatic N) is 2. The van der Waals surface area contributed by atoms with Crippen LogP contribution in [-0.2, 0) is 0 Å². The molecule has 0 aliphatic heterocycles. The zero-order valence-electron chi connectivity index (χ0n) is 10.5. The Labute approximate surface area is 99.2 Å². The molecule has 0 unspecified atom stereocenters. The standard InChI is InChI=1S/C13H24N2O/c1-2-3-4-5-6-7-8-9-10-11-13(16)12-15-14/h12H,2-11H2,1H3/p+1/b13-12-. The van der Waals surface area contributed by atoms with Gasteiger partial charge in [0.15, 0.2) is 10.7 Å². The summed E-state index contributed by atoms with van der Waals surface area (Å²) in [6.07, 6.45) is 13.2. The normalized spacial score (nSPS) is 11.4. The minimum atomic E-state index is 0.172. The van der Waals surface area contributed by atoms with Crippen molar-refractivity contribution in [3.63, 3.8) is 0 Å². The van der Waals surface area contributed by atoms with Crippen molar-refractivity contribution >= 4 is 0 Å². The van der Waals surface area contributed by atoms with E-state index in [-0.39, 0.29) is 5.76 Å². The summed E-state index contributed by atoms with van der Waals surface area (Å²) in [5.41, 5.74) is 0. The van der Waals surface area contributed by atoms with E-state index in [0.29, 0.717) is 6.42 Å². The van der Waals surface area contributed by atoms with E-state index >= 15 is 0 Å². The Bertz CT molecular complexity index is 218. The number of hydrogen-bond donors (Lipinski definition) is 1. The minimum absolute atomic E-state index is 0.172. The average Bonchev–Trinajstić information content (AvgIpc) is 2.27. The number of unbranched alkanes of at least 4 members (excludes halogenated alkanes) is 8. The number of aliphatic hydroxyl groups is 1. The molecule has 0 fully saturated rings. The zero-order chi connectivity index (χ0) is 12.1. The van der Waals surface area contributed by atoms with Crippen LogP contribution in [0.15, 0.2) is 12.0 Å². The molecule has 0 aromatic heterocycles. The summed E-state index contributed by atoms with van der Waals surface area (Å²) < 4.78 is 0. The smallest absolute Gasteiger partial charge is 0.387 e. The van der Waals surface area contributed by atoms with Crippen LogP contribution in [0.3, 0.4) is 0 Å². The van der Waals surface area contributed by atoms with Crippen LogP contribution in [0.5, 0.6) is 0 Å². The summed E-state index contributed by atoms with van der Waals surface area (Å²) in [5, 5.41) is 17.3. The number of diazo groups is 1. The van der Waals surface area contributed by atoms with E-state index in [4.69, 9.17) is 10.5 Å². The Morgan fingerprint density at radius 3 is 2.00 bits per heavy atom. The first-order valence-corrected chi connectivity index (χ1v) is 6.53. The molecule has 0 aromatic carbocycles. The van der Waals surface area contributed by atoms with Gasteiger partial charge in [-0.1, -0.05) is 58.3 Å². The van der Waals surface area contributed by atoms with E-state index in [2.05, 4.69) is 11.9 Å². The molecule has 0 atom stereocenters. The van der Waals surface area contributed by atoms with Crippen LogP contribution < -0.4 is 0 Å². The van der Waals surface area contributed by atoms with Gasteiger partial charge in [-0.15, -0.1) is 0 Å². The van der Waals surface area contributed by atoms with Gasteiger partial charge in [-0.05, 0) is 6.42 Å². The Balaban J connectivity index is 3.10. The zero-order valence-corrected chi connectivity index (χ0v) is 10.5. The van der Waals surface area contributed by atoms with Gasteiger partial charge in [0.2, 0.25) is 5.39 Å². The van der Waals surface area contributed by atoms with E-state index in [1.807, 2.05) is 0 Å². The lowest BCUT2D eigenvalue weighted by atomic mass is 10.1. The van der Waals surface area contributed by atoms with Crippen LogP contribution in [0.1, 0.15) is 71.1 Å². The molecule has 1 N–H and O–H groups in total. The van der Waals surface area contributed by atoms with Crippen LogP contribution in [-0.4, -0.2) is 5.11 Å². The first kappa shape index (κ1) is 15.0. The van der Waals surface area contributed by atoms with Crippen molar-refractivity contribution in [2.45, 2.75) is 71.1 Å². The lowest BCUT2D eigenvalue weighted by Crippen LogP contribution is -1.84. The number of hydrogen-bond acceptors (Lipinski definition) is 2. The van der Waals surface area contributed by atoms with Gasteiger partial charge in [-0.25, -0.2) is 0 Å². The van der Waals surface area contributed by atoms with Gasteiger partial charge >= 0.3 is 6.20 Å². The second-order valence-corrected chi connectivity index (χ2v) is 4.31. The number of rotatable bonds is 10. The Morgan fingerprint density at radius 1 is 1.00 bits per heavy atom. The largest absolute Gasteiger partial charge is 0.505 e. The second-order valence-electron chi connectivity index (χ2n) is 4.31. The van der Waals surface area contributed by atoms with Crippen molar-refractivity contribution in [3.8, 4) is 0 Å². The molecule has 0 aliphatic carbocycles. The van der Waals surface area contributed by atoms with Crippen molar-refractivity contribution in [3.05, 3.63) is 16.9 Å². The predicted octanol–water partition coefficient (Wildman–Crippen LogP) is 5.16. The molecule has 92 valence electrons.